The summed E-state index contributed by atoms with van der Waals surface area (Å²) < 4.78 is 0. The Hall–Kier alpha value is -0.650. The van der Waals surface area contributed by atoms with Gasteiger partial charge in [0.15, 0.2) is 0 Å². The number of amides is 1. The minimum Gasteiger partial charge on any atom is -0.339 e. The summed E-state index contributed by atoms with van der Waals surface area (Å²) in [6, 6.07) is -0.349. The number of likely N-dealkylation sites (N-methyl/N-ethyl adjacent to an activating group) is 1. The maximum absolute atomic E-state index is 12.1. The largest absolute Gasteiger partial charge is 0.339 e. The van der Waals surface area contributed by atoms with E-state index >= 15 is 0 Å². The molecule has 0 spiro atoms. The maximum Gasteiger partial charge on any atom is 0.239 e. The lowest BCUT2D eigenvalue weighted by atomic mass is 10.0. The molecule has 1 fully saturated rings. The quantitative estimate of drug-likeness (QED) is 0.732. The van der Waals surface area contributed by atoms with Crippen LogP contribution in [0.4, 0.5) is 0 Å². The minimum atomic E-state index is -0.349. The highest BCUT2D eigenvalue weighted by Crippen LogP contribution is 2.07. The number of hydrogen-bond donors (Lipinski definition) is 1. The molecule has 0 bridgehead atoms. The molecule has 5 nitrogen and oxygen atoms in total. The molecule has 1 heterocycles. The Morgan fingerprint density at radius 3 is 2.22 bits per heavy atom. The van der Waals surface area contributed by atoms with Crippen molar-refractivity contribution in [1.29, 1.82) is 0 Å². The van der Waals surface area contributed by atoms with Gasteiger partial charge in [-0.05, 0) is 20.0 Å². The van der Waals surface area contributed by atoms with Gasteiger partial charge in [0.1, 0.15) is 0 Å². The van der Waals surface area contributed by atoms with Crippen molar-refractivity contribution in [3.8, 4) is 0 Å². The Kier molecular flexibility index (Phi) is 6.05. The van der Waals surface area contributed by atoms with E-state index in [0.717, 1.165) is 39.3 Å². The Morgan fingerprint density at radius 1 is 1.22 bits per heavy atom. The summed E-state index contributed by atoms with van der Waals surface area (Å²) in [7, 11) is 4.17. The van der Waals surface area contributed by atoms with E-state index in [9.17, 15) is 4.79 Å². The van der Waals surface area contributed by atoms with Gasteiger partial charge in [0, 0.05) is 39.3 Å². The highest BCUT2D eigenvalue weighted by Gasteiger charge is 2.26. The standard InChI is InChI=1S/C13H28N4O/c1-11(2)12(14)13(18)17-9-7-16(8-10-17)6-5-15(3)4/h11-12H,5-10,14H2,1-4H3/t12-/m1/s1. The highest BCUT2D eigenvalue weighted by atomic mass is 16.2. The fourth-order valence-electron chi connectivity index (χ4n) is 2.03. The molecular formula is C13H28N4O. The molecule has 1 aliphatic rings. The van der Waals surface area contributed by atoms with Gasteiger partial charge in [0.05, 0.1) is 6.04 Å². The second-order valence-corrected chi connectivity index (χ2v) is 5.74. The van der Waals surface area contributed by atoms with Crippen molar-refractivity contribution in [3.63, 3.8) is 0 Å². The second kappa shape index (κ2) is 7.07. The average Bonchev–Trinajstić information content (AvgIpc) is 2.35. The van der Waals surface area contributed by atoms with Crippen LogP contribution in [0.15, 0.2) is 0 Å². The van der Waals surface area contributed by atoms with Crippen LogP contribution in [-0.4, -0.2) is 80.0 Å². The number of nitrogens with zero attached hydrogens (tertiary/aromatic N) is 3. The number of piperazine rings is 1. The molecule has 1 saturated heterocycles. The van der Waals surface area contributed by atoms with E-state index in [1.807, 2.05) is 18.7 Å². The summed E-state index contributed by atoms with van der Waals surface area (Å²) in [6.45, 7) is 9.69. The van der Waals surface area contributed by atoms with Crippen LogP contribution >= 0.6 is 0 Å². The van der Waals surface area contributed by atoms with Gasteiger partial charge < -0.3 is 15.5 Å². The Balaban J connectivity index is 2.32. The van der Waals surface area contributed by atoms with Crippen molar-refractivity contribution in [2.24, 2.45) is 11.7 Å². The van der Waals surface area contributed by atoms with Gasteiger partial charge in [-0.25, -0.2) is 0 Å². The van der Waals surface area contributed by atoms with Crippen LogP contribution < -0.4 is 5.73 Å². The molecule has 0 aromatic rings. The molecule has 0 aromatic carbocycles. The van der Waals surface area contributed by atoms with Crippen molar-refractivity contribution in [2.75, 3.05) is 53.4 Å². The van der Waals surface area contributed by atoms with E-state index in [0.29, 0.717) is 0 Å². The maximum atomic E-state index is 12.1. The lowest BCUT2D eigenvalue weighted by Crippen LogP contribution is -2.54. The second-order valence-electron chi connectivity index (χ2n) is 5.74. The van der Waals surface area contributed by atoms with Crippen LogP contribution in [0.2, 0.25) is 0 Å². The monoisotopic (exact) mass is 256 g/mol. The molecule has 1 amide bonds. The van der Waals surface area contributed by atoms with Crippen molar-refractivity contribution < 1.29 is 4.79 Å². The van der Waals surface area contributed by atoms with Crippen molar-refractivity contribution in [2.45, 2.75) is 19.9 Å². The van der Waals surface area contributed by atoms with E-state index in [-0.39, 0.29) is 17.9 Å². The van der Waals surface area contributed by atoms with E-state index in [1.54, 1.807) is 0 Å². The van der Waals surface area contributed by atoms with Gasteiger partial charge in [-0.2, -0.15) is 0 Å². The SMILES string of the molecule is CC(C)[C@@H](N)C(=O)N1CCN(CCN(C)C)CC1. The first-order chi connectivity index (χ1) is 8.41. The van der Waals surface area contributed by atoms with Crippen LogP contribution in [0.1, 0.15) is 13.8 Å². The number of nitrogens with two attached hydrogens (primary N) is 1. The third-order valence-electron chi connectivity index (χ3n) is 3.55. The Bertz CT molecular complexity index is 260. The zero-order valence-corrected chi connectivity index (χ0v) is 12.2. The highest BCUT2D eigenvalue weighted by molar-refractivity contribution is 5.82. The van der Waals surface area contributed by atoms with Gasteiger partial charge in [-0.3, -0.25) is 9.69 Å². The molecule has 0 unspecified atom stereocenters. The summed E-state index contributed by atoms with van der Waals surface area (Å²) in [5.74, 6) is 0.321. The van der Waals surface area contributed by atoms with Crippen LogP contribution in [0.5, 0.6) is 0 Å². The summed E-state index contributed by atoms with van der Waals surface area (Å²) in [5.41, 5.74) is 5.91. The van der Waals surface area contributed by atoms with E-state index < -0.39 is 0 Å². The minimum absolute atomic E-state index is 0.109. The topological polar surface area (TPSA) is 52.8 Å². The number of carbonyl (C=O) groups is 1. The van der Waals surface area contributed by atoms with Crippen LogP contribution in [0.3, 0.4) is 0 Å². The summed E-state index contributed by atoms with van der Waals surface area (Å²) in [4.78, 5) is 18.6. The Morgan fingerprint density at radius 2 is 1.78 bits per heavy atom. The van der Waals surface area contributed by atoms with Crippen molar-refractivity contribution in [3.05, 3.63) is 0 Å². The van der Waals surface area contributed by atoms with Crippen LogP contribution in [0.25, 0.3) is 0 Å². The summed E-state index contributed by atoms with van der Waals surface area (Å²) in [6.07, 6.45) is 0. The van der Waals surface area contributed by atoms with E-state index in [2.05, 4.69) is 23.9 Å². The fraction of sp³-hybridized carbons (Fsp3) is 0.923. The molecule has 18 heavy (non-hydrogen) atoms. The third-order valence-corrected chi connectivity index (χ3v) is 3.55. The molecule has 5 heteroatoms. The number of carbonyl (C=O) groups excluding carboxylic acids is 1. The molecule has 1 rings (SSSR count). The predicted octanol–water partition coefficient (Wildman–Crippen LogP) is -0.324. The number of hydrogen-bond acceptors (Lipinski definition) is 4. The summed E-state index contributed by atoms with van der Waals surface area (Å²) in [5, 5.41) is 0. The van der Waals surface area contributed by atoms with Gasteiger partial charge >= 0.3 is 0 Å². The smallest absolute Gasteiger partial charge is 0.239 e. The molecule has 0 saturated carbocycles. The van der Waals surface area contributed by atoms with Gasteiger partial charge in [0.25, 0.3) is 0 Å². The predicted molar refractivity (Wildman–Crippen MR) is 74.4 cm³/mol. The summed E-state index contributed by atoms with van der Waals surface area (Å²) >= 11 is 0. The first-order valence-electron chi connectivity index (χ1n) is 6.83. The zero-order chi connectivity index (χ0) is 13.7. The lowest BCUT2D eigenvalue weighted by molar-refractivity contribution is -0.135. The molecule has 0 radical (unpaired) electrons. The van der Waals surface area contributed by atoms with Crippen molar-refractivity contribution >= 4 is 5.91 Å². The molecule has 2 N–H and O–H groups in total. The first-order valence-corrected chi connectivity index (χ1v) is 6.83. The number of rotatable bonds is 5. The molecule has 0 aliphatic carbocycles. The third kappa shape index (κ3) is 4.55. The zero-order valence-electron chi connectivity index (χ0n) is 12.2. The molecule has 1 aliphatic heterocycles. The van der Waals surface area contributed by atoms with Gasteiger partial charge in [-0.1, -0.05) is 13.8 Å². The molecule has 0 aromatic heterocycles. The Labute approximate surface area is 111 Å². The lowest BCUT2D eigenvalue weighted by Gasteiger charge is -2.36. The molecular weight excluding hydrogens is 228 g/mol. The fourth-order valence-corrected chi connectivity index (χ4v) is 2.03. The molecule has 1 atom stereocenters. The van der Waals surface area contributed by atoms with E-state index in [1.165, 1.54) is 0 Å². The van der Waals surface area contributed by atoms with Gasteiger partial charge in [-0.15, -0.1) is 0 Å². The van der Waals surface area contributed by atoms with Crippen molar-refractivity contribution in [1.82, 2.24) is 14.7 Å². The van der Waals surface area contributed by atoms with Crippen LogP contribution in [0, 0.1) is 5.92 Å². The van der Waals surface area contributed by atoms with Gasteiger partial charge in [0.2, 0.25) is 5.91 Å². The molecule has 106 valence electrons. The van der Waals surface area contributed by atoms with E-state index in [4.69, 9.17) is 5.73 Å². The normalized spacial score (nSPS) is 19.6. The average molecular weight is 256 g/mol. The first kappa shape index (κ1) is 15.4. The van der Waals surface area contributed by atoms with Crippen LogP contribution in [-0.2, 0) is 4.79 Å².